The molecular formula is C20H11F3N2O5. The third-order valence-electron chi connectivity index (χ3n) is 4.10. The zero-order valence-electron chi connectivity index (χ0n) is 15.0. The van der Waals surface area contributed by atoms with Crippen molar-refractivity contribution in [2.24, 2.45) is 0 Å². The van der Waals surface area contributed by atoms with Crippen LogP contribution in [-0.2, 0) is 17.5 Å². The summed E-state index contributed by atoms with van der Waals surface area (Å²) < 4.78 is 53.2. The van der Waals surface area contributed by atoms with Crippen molar-refractivity contribution in [2.45, 2.75) is 12.8 Å². The van der Waals surface area contributed by atoms with Gasteiger partial charge in [-0.15, -0.1) is 0 Å². The fourth-order valence-corrected chi connectivity index (χ4v) is 2.64. The van der Waals surface area contributed by atoms with Crippen LogP contribution in [0.3, 0.4) is 0 Å². The molecule has 30 heavy (non-hydrogen) atoms. The minimum Gasteiger partial charge on any atom is -0.450 e. The van der Waals surface area contributed by atoms with Gasteiger partial charge in [0.25, 0.3) is 5.89 Å². The molecule has 152 valence electrons. The van der Waals surface area contributed by atoms with Gasteiger partial charge in [-0.1, -0.05) is 29.4 Å². The Morgan fingerprint density at radius 2 is 1.80 bits per heavy atom. The molecular weight excluding hydrogens is 405 g/mol. The van der Waals surface area contributed by atoms with Gasteiger partial charge < -0.3 is 13.7 Å². The summed E-state index contributed by atoms with van der Waals surface area (Å²) >= 11 is 0. The lowest BCUT2D eigenvalue weighted by atomic mass is 10.1. The Labute approximate surface area is 165 Å². The zero-order valence-corrected chi connectivity index (χ0v) is 15.0. The molecule has 7 nitrogen and oxygen atoms in total. The van der Waals surface area contributed by atoms with Crippen LogP contribution in [0, 0.1) is 0 Å². The number of fused-ring (bicyclic) bond motifs is 1. The Morgan fingerprint density at radius 3 is 2.53 bits per heavy atom. The van der Waals surface area contributed by atoms with Gasteiger partial charge in [0.1, 0.15) is 5.58 Å². The molecule has 2 aromatic heterocycles. The van der Waals surface area contributed by atoms with Crippen molar-refractivity contribution in [3.8, 4) is 11.4 Å². The van der Waals surface area contributed by atoms with E-state index in [2.05, 4.69) is 10.1 Å². The molecule has 0 N–H and O–H groups in total. The lowest BCUT2D eigenvalue weighted by Gasteiger charge is -2.05. The number of hydrogen-bond donors (Lipinski definition) is 0. The van der Waals surface area contributed by atoms with Gasteiger partial charge in [-0.2, -0.15) is 18.2 Å². The maximum Gasteiger partial charge on any atom is 0.416 e. The highest BCUT2D eigenvalue weighted by atomic mass is 19.4. The molecule has 0 aliphatic rings. The molecule has 0 unspecified atom stereocenters. The standard InChI is InChI=1S/C20H11F3N2O5/c21-20(22,23)12-7-5-11(6-8-12)18-24-17(30-25-18)10-28-19(27)16-9-14(26)13-3-1-2-4-15(13)29-16/h1-9H,10H2. The second-order valence-electron chi connectivity index (χ2n) is 6.13. The van der Waals surface area contributed by atoms with Crippen molar-refractivity contribution in [1.82, 2.24) is 10.1 Å². The minimum atomic E-state index is -4.45. The molecule has 0 spiro atoms. The number of halogens is 3. The van der Waals surface area contributed by atoms with Crippen molar-refractivity contribution in [1.29, 1.82) is 0 Å². The lowest BCUT2D eigenvalue weighted by Crippen LogP contribution is -2.10. The molecule has 2 heterocycles. The minimum absolute atomic E-state index is 0.0343. The number of aromatic nitrogens is 2. The summed E-state index contributed by atoms with van der Waals surface area (Å²) in [6.45, 7) is -0.414. The van der Waals surface area contributed by atoms with Crippen molar-refractivity contribution in [3.05, 3.63) is 82.0 Å². The van der Waals surface area contributed by atoms with Crippen LogP contribution >= 0.6 is 0 Å². The number of para-hydroxylation sites is 1. The van der Waals surface area contributed by atoms with E-state index < -0.39 is 29.7 Å². The summed E-state index contributed by atoms with van der Waals surface area (Å²) in [5, 5.41) is 3.98. The van der Waals surface area contributed by atoms with E-state index in [1.165, 1.54) is 12.1 Å². The van der Waals surface area contributed by atoms with Crippen LogP contribution in [0.25, 0.3) is 22.4 Å². The summed E-state index contributed by atoms with van der Waals surface area (Å²) in [5.41, 5.74) is -0.670. The third-order valence-corrected chi connectivity index (χ3v) is 4.10. The number of rotatable bonds is 4. The van der Waals surface area contributed by atoms with Gasteiger partial charge in [-0.3, -0.25) is 4.79 Å². The highest BCUT2D eigenvalue weighted by Crippen LogP contribution is 2.30. The molecule has 4 rings (SSSR count). The Balaban J connectivity index is 1.46. The number of ether oxygens (including phenoxy) is 1. The zero-order chi connectivity index (χ0) is 21.3. The molecule has 0 bridgehead atoms. The van der Waals surface area contributed by atoms with Gasteiger partial charge in [-0.25, -0.2) is 4.79 Å². The van der Waals surface area contributed by atoms with Crippen LogP contribution in [0.1, 0.15) is 22.0 Å². The first-order chi connectivity index (χ1) is 14.3. The first-order valence-corrected chi connectivity index (χ1v) is 8.51. The third kappa shape index (κ3) is 3.93. The van der Waals surface area contributed by atoms with Crippen LogP contribution < -0.4 is 5.43 Å². The van der Waals surface area contributed by atoms with Gasteiger partial charge in [-0.05, 0) is 24.3 Å². The van der Waals surface area contributed by atoms with Gasteiger partial charge in [0.15, 0.2) is 12.0 Å². The van der Waals surface area contributed by atoms with Crippen molar-refractivity contribution >= 4 is 16.9 Å². The number of nitrogens with zero attached hydrogens (tertiary/aromatic N) is 2. The van der Waals surface area contributed by atoms with Gasteiger partial charge in [0.05, 0.1) is 10.9 Å². The van der Waals surface area contributed by atoms with Crippen LogP contribution in [0.4, 0.5) is 13.2 Å². The highest BCUT2D eigenvalue weighted by molar-refractivity contribution is 5.88. The molecule has 0 aliphatic heterocycles. The Hall–Kier alpha value is -3.95. The smallest absolute Gasteiger partial charge is 0.416 e. The molecule has 0 fully saturated rings. The fraction of sp³-hybridized carbons (Fsp3) is 0.100. The van der Waals surface area contributed by atoms with E-state index in [1.54, 1.807) is 24.3 Å². The number of carbonyl (C=O) groups is 1. The van der Waals surface area contributed by atoms with Crippen molar-refractivity contribution in [2.75, 3.05) is 0 Å². The van der Waals surface area contributed by atoms with Crippen molar-refractivity contribution in [3.63, 3.8) is 0 Å². The normalized spacial score (nSPS) is 11.6. The van der Waals surface area contributed by atoms with Crippen LogP contribution in [0.2, 0.25) is 0 Å². The summed E-state index contributed by atoms with van der Waals surface area (Å²) in [7, 11) is 0. The van der Waals surface area contributed by atoms with E-state index in [4.69, 9.17) is 13.7 Å². The second kappa shape index (κ2) is 7.47. The number of esters is 1. The van der Waals surface area contributed by atoms with Gasteiger partial charge >= 0.3 is 12.1 Å². The van der Waals surface area contributed by atoms with E-state index >= 15 is 0 Å². The fourth-order valence-electron chi connectivity index (χ4n) is 2.64. The number of carbonyl (C=O) groups excluding carboxylic acids is 1. The van der Waals surface area contributed by atoms with E-state index in [1.807, 2.05) is 0 Å². The number of benzene rings is 2. The monoisotopic (exact) mass is 416 g/mol. The molecule has 2 aromatic carbocycles. The van der Waals surface area contributed by atoms with Crippen LogP contribution in [-0.4, -0.2) is 16.1 Å². The summed E-state index contributed by atoms with van der Waals surface area (Å²) in [6.07, 6.45) is -4.45. The van der Waals surface area contributed by atoms with Crippen LogP contribution in [0.5, 0.6) is 0 Å². The molecule has 0 amide bonds. The SMILES string of the molecule is O=C(OCc1nc(-c2ccc(C(F)(F)F)cc2)no1)c1cc(=O)c2ccccc2o1. The maximum absolute atomic E-state index is 12.6. The number of alkyl halides is 3. The van der Waals surface area contributed by atoms with Crippen molar-refractivity contribution < 1.29 is 31.6 Å². The summed E-state index contributed by atoms with van der Waals surface area (Å²) in [6, 6.07) is 11.6. The lowest BCUT2D eigenvalue weighted by molar-refractivity contribution is -0.137. The topological polar surface area (TPSA) is 95.4 Å². The van der Waals surface area contributed by atoms with E-state index in [-0.39, 0.29) is 23.1 Å². The van der Waals surface area contributed by atoms with Gasteiger partial charge in [0, 0.05) is 11.6 Å². The predicted molar refractivity (Wildman–Crippen MR) is 96.3 cm³/mol. The maximum atomic E-state index is 12.6. The molecule has 0 radical (unpaired) electrons. The highest BCUT2D eigenvalue weighted by Gasteiger charge is 2.30. The molecule has 0 saturated carbocycles. The largest absolute Gasteiger partial charge is 0.450 e. The van der Waals surface area contributed by atoms with E-state index in [9.17, 15) is 22.8 Å². The second-order valence-corrected chi connectivity index (χ2v) is 6.13. The summed E-state index contributed by atoms with van der Waals surface area (Å²) in [5.74, 6) is -1.25. The first kappa shape index (κ1) is 19.4. The Morgan fingerprint density at radius 1 is 1.07 bits per heavy atom. The molecule has 0 atom stereocenters. The van der Waals surface area contributed by atoms with E-state index in [0.717, 1.165) is 18.2 Å². The molecule has 0 saturated heterocycles. The van der Waals surface area contributed by atoms with Crippen LogP contribution in [0.15, 0.2) is 68.3 Å². The number of hydrogen-bond acceptors (Lipinski definition) is 7. The first-order valence-electron chi connectivity index (χ1n) is 8.51. The Bertz CT molecular complexity index is 1280. The molecule has 0 aliphatic carbocycles. The predicted octanol–water partition coefficient (Wildman–Crippen LogP) is 4.22. The quantitative estimate of drug-likeness (QED) is 0.460. The average molecular weight is 416 g/mol. The van der Waals surface area contributed by atoms with E-state index in [0.29, 0.717) is 10.9 Å². The average Bonchev–Trinajstić information content (AvgIpc) is 3.20. The summed E-state index contributed by atoms with van der Waals surface area (Å²) in [4.78, 5) is 28.2. The molecule has 10 heteroatoms. The van der Waals surface area contributed by atoms with Gasteiger partial charge in [0.2, 0.25) is 11.6 Å². The Kier molecular flexibility index (Phi) is 4.82. The molecule has 4 aromatic rings.